The van der Waals surface area contributed by atoms with Crippen molar-refractivity contribution in [1.82, 2.24) is 18.8 Å². The summed E-state index contributed by atoms with van der Waals surface area (Å²) in [4.78, 5) is 41.3. The van der Waals surface area contributed by atoms with E-state index in [0.29, 0.717) is 18.6 Å². The highest BCUT2D eigenvalue weighted by Crippen LogP contribution is 2.31. The first-order valence-corrected chi connectivity index (χ1v) is 10.5. The second-order valence-corrected chi connectivity index (χ2v) is 9.13. The van der Waals surface area contributed by atoms with Crippen LogP contribution in [0.2, 0.25) is 0 Å². The van der Waals surface area contributed by atoms with Crippen molar-refractivity contribution in [3.63, 3.8) is 0 Å². The van der Waals surface area contributed by atoms with Crippen LogP contribution < -0.4 is 11.2 Å². The van der Waals surface area contributed by atoms with E-state index < -0.39 is 27.2 Å². The molecule has 2 aromatic heterocycles. The Morgan fingerprint density at radius 2 is 1.89 bits per heavy atom. The van der Waals surface area contributed by atoms with Gasteiger partial charge in [-0.1, -0.05) is 0 Å². The van der Waals surface area contributed by atoms with Gasteiger partial charge >= 0.3 is 5.69 Å². The third-order valence-corrected chi connectivity index (χ3v) is 7.42. The van der Waals surface area contributed by atoms with Gasteiger partial charge in [0.1, 0.15) is 11.3 Å². The summed E-state index contributed by atoms with van der Waals surface area (Å²) in [6, 6.07) is 3.26. The average molecular weight is 408 g/mol. The summed E-state index contributed by atoms with van der Waals surface area (Å²) in [7, 11) is -3.28. The molecule has 0 unspecified atom stereocenters. The predicted molar refractivity (Wildman–Crippen MR) is 98.6 cm³/mol. The molecule has 4 rings (SSSR count). The van der Waals surface area contributed by atoms with Crippen LogP contribution in [0.3, 0.4) is 0 Å². The maximum atomic E-state index is 12.8. The standard InChI is InChI=1S/C17H20N4O6S/c22-15(19-5-7-20(8-6-19)28(25,26)13-3-4-13)14-10-18-17(24)21(16(14)23)11-12-2-1-9-27-12/h1-2,9-10,13H,3-8,11H2,(H,18,24). The van der Waals surface area contributed by atoms with Crippen molar-refractivity contribution in [3.8, 4) is 0 Å². The molecule has 28 heavy (non-hydrogen) atoms. The van der Waals surface area contributed by atoms with Gasteiger partial charge in [-0.2, -0.15) is 4.31 Å². The molecular formula is C17H20N4O6S. The van der Waals surface area contributed by atoms with Crippen molar-refractivity contribution in [2.24, 2.45) is 0 Å². The zero-order chi connectivity index (χ0) is 19.9. The molecule has 1 aliphatic carbocycles. The second-order valence-electron chi connectivity index (χ2n) is 6.91. The minimum Gasteiger partial charge on any atom is -0.467 e. The Balaban J connectivity index is 1.51. The fourth-order valence-electron chi connectivity index (χ4n) is 3.26. The number of carbonyl (C=O) groups excluding carboxylic acids is 1. The number of nitrogens with zero attached hydrogens (tertiary/aromatic N) is 3. The van der Waals surface area contributed by atoms with Crippen LogP contribution in [0.25, 0.3) is 0 Å². The molecule has 1 amide bonds. The number of sulfonamides is 1. The maximum Gasteiger partial charge on any atom is 0.328 e. The SMILES string of the molecule is O=C(c1c[nH]c(=O)n(Cc2ccco2)c1=O)N1CCN(S(=O)(=O)C2CC2)CC1. The zero-order valence-corrected chi connectivity index (χ0v) is 15.9. The van der Waals surface area contributed by atoms with Crippen molar-refractivity contribution >= 4 is 15.9 Å². The molecular weight excluding hydrogens is 388 g/mol. The number of aromatic nitrogens is 2. The monoisotopic (exact) mass is 408 g/mol. The normalized spacial score (nSPS) is 18.4. The number of furan rings is 1. The van der Waals surface area contributed by atoms with Gasteiger partial charge in [0, 0.05) is 32.4 Å². The van der Waals surface area contributed by atoms with Crippen molar-refractivity contribution in [1.29, 1.82) is 0 Å². The number of carbonyl (C=O) groups is 1. The molecule has 1 N–H and O–H groups in total. The molecule has 0 spiro atoms. The van der Waals surface area contributed by atoms with Gasteiger partial charge in [0.2, 0.25) is 10.0 Å². The van der Waals surface area contributed by atoms with Crippen LogP contribution in [-0.4, -0.2) is 64.5 Å². The molecule has 2 aromatic rings. The van der Waals surface area contributed by atoms with Gasteiger partial charge in [0.15, 0.2) is 0 Å². The Kier molecular flexibility index (Phi) is 4.71. The molecule has 0 atom stereocenters. The van der Waals surface area contributed by atoms with Gasteiger partial charge in [-0.25, -0.2) is 13.2 Å². The lowest BCUT2D eigenvalue weighted by Gasteiger charge is -2.34. The van der Waals surface area contributed by atoms with Gasteiger partial charge in [0.05, 0.1) is 18.1 Å². The molecule has 11 heteroatoms. The highest BCUT2D eigenvalue weighted by Gasteiger charge is 2.41. The number of H-pyrrole nitrogens is 1. The summed E-state index contributed by atoms with van der Waals surface area (Å²) in [6.07, 6.45) is 3.92. The fraction of sp³-hybridized carbons (Fsp3) is 0.471. The van der Waals surface area contributed by atoms with Gasteiger partial charge in [0.25, 0.3) is 11.5 Å². The fourth-order valence-corrected chi connectivity index (χ4v) is 5.08. The number of nitrogens with one attached hydrogen (secondary N) is 1. The number of hydrogen-bond acceptors (Lipinski definition) is 6. The minimum atomic E-state index is -3.28. The van der Waals surface area contributed by atoms with Crippen LogP contribution >= 0.6 is 0 Å². The van der Waals surface area contributed by atoms with E-state index in [0.717, 1.165) is 10.8 Å². The van der Waals surface area contributed by atoms with E-state index >= 15 is 0 Å². The summed E-state index contributed by atoms with van der Waals surface area (Å²) in [6.45, 7) is 0.710. The molecule has 10 nitrogen and oxygen atoms in total. The molecule has 2 fully saturated rings. The topological polar surface area (TPSA) is 126 Å². The predicted octanol–water partition coefficient (Wildman–Crippen LogP) is -0.572. The van der Waals surface area contributed by atoms with Gasteiger partial charge in [-0.3, -0.25) is 14.2 Å². The summed E-state index contributed by atoms with van der Waals surface area (Å²) < 4.78 is 32.1. The molecule has 1 aliphatic heterocycles. The number of rotatable bonds is 5. The summed E-state index contributed by atoms with van der Waals surface area (Å²) in [5.74, 6) is -0.117. The average Bonchev–Trinajstić information content (AvgIpc) is 3.43. The molecule has 0 aromatic carbocycles. The van der Waals surface area contributed by atoms with Crippen LogP contribution in [0.15, 0.2) is 38.6 Å². The first kappa shape index (κ1) is 18.7. The molecule has 1 saturated heterocycles. The van der Waals surface area contributed by atoms with E-state index in [1.165, 1.54) is 15.5 Å². The van der Waals surface area contributed by atoms with Gasteiger partial charge < -0.3 is 14.3 Å². The highest BCUT2D eigenvalue weighted by atomic mass is 32.2. The second kappa shape index (κ2) is 7.06. The molecule has 0 radical (unpaired) electrons. The molecule has 150 valence electrons. The summed E-state index contributed by atoms with van der Waals surface area (Å²) >= 11 is 0. The Hall–Kier alpha value is -2.66. The van der Waals surface area contributed by atoms with Crippen LogP contribution in [0.1, 0.15) is 29.0 Å². The third-order valence-electron chi connectivity index (χ3n) is 5.02. The Labute approximate surface area is 160 Å². The van der Waals surface area contributed by atoms with Crippen molar-refractivity contribution < 1.29 is 17.6 Å². The lowest BCUT2D eigenvalue weighted by molar-refractivity contribution is 0.0694. The lowest BCUT2D eigenvalue weighted by Crippen LogP contribution is -2.52. The molecule has 2 aliphatic rings. The number of hydrogen-bond donors (Lipinski definition) is 1. The van der Waals surface area contributed by atoms with E-state index in [1.807, 2.05) is 0 Å². The van der Waals surface area contributed by atoms with Crippen LogP contribution in [0, 0.1) is 0 Å². The largest absolute Gasteiger partial charge is 0.467 e. The minimum absolute atomic E-state index is 0.0876. The van der Waals surface area contributed by atoms with Crippen molar-refractivity contribution in [3.05, 3.63) is 56.8 Å². The number of aromatic amines is 1. The first-order chi connectivity index (χ1) is 13.4. The van der Waals surface area contributed by atoms with Crippen LogP contribution in [0.5, 0.6) is 0 Å². The van der Waals surface area contributed by atoms with E-state index in [2.05, 4.69) is 4.98 Å². The van der Waals surface area contributed by atoms with Crippen LogP contribution in [0.4, 0.5) is 0 Å². The van der Waals surface area contributed by atoms with Crippen molar-refractivity contribution in [2.45, 2.75) is 24.6 Å². The molecule has 3 heterocycles. The van der Waals surface area contributed by atoms with Gasteiger partial charge in [-0.05, 0) is 25.0 Å². The van der Waals surface area contributed by atoms with Crippen LogP contribution in [-0.2, 0) is 16.6 Å². The first-order valence-electron chi connectivity index (χ1n) is 9.01. The molecule has 0 bridgehead atoms. The Morgan fingerprint density at radius 1 is 1.18 bits per heavy atom. The van der Waals surface area contributed by atoms with Gasteiger partial charge in [-0.15, -0.1) is 0 Å². The summed E-state index contributed by atoms with van der Waals surface area (Å²) in [5, 5.41) is -0.289. The lowest BCUT2D eigenvalue weighted by atomic mass is 10.2. The Morgan fingerprint density at radius 3 is 2.50 bits per heavy atom. The quantitative estimate of drug-likeness (QED) is 0.706. The Bertz CT molecular complexity index is 1090. The number of amides is 1. The van der Waals surface area contributed by atoms with E-state index in [4.69, 9.17) is 4.42 Å². The zero-order valence-electron chi connectivity index (χ0n) is 15.0. The summed E-state index contributed by atoms with van der Waals surface area (Å²) in [5.41, 5.74) is -1.51. The van der Waals surface area contributed by atoms with E-state index in [9.17, 15) is 22.8 Å². The van der Waals surface area contributed by atoms with E-state index in [1.54, 1.807) is 12.1 Å². The highest BCUT2D eigenvalue weighted by molar-refractivity contribution is 7.90. The maximum absolute atomic E-state index is 12.8. The third kappa shape index (κ3) is 3.42. The van der Waals surface area contributed by atoms with Crippen molar-refractivity contribution in [2.75, 3.05) is 26.2 Å². The van der Waals surface area contributed by atoms with E-state index in [-0.39, 0.29) is 43.5 Å². The number of piperazine rings is 1. The smallest absolute Gasteiger partial charge is 0.328 e. The molecule has 1 saturated carbocycles.